The second kappa shape index (κ2) is 4.04. The van der Waals surface area contributed by atoms with Crippen molar-refractivity contribution < 1.29 is 8.78 Å². The maximum Gasteiger partial charge on any atom is 0.357 e. The largest absolute Gasteiger partial charge is 0.357 e. The van der Waals surface area contributed by atoms with Crippen LogP contribution in [-0.2, 0) is 0 Å². The smallest absolute Gasteiger partial charge is 0.181 e. The average Bonchev–Trinajstić information content (AvgIpc) is 1.63. The van der Waals surface area contributed by atoms with Crippen molar-refractivity contribution in [2.24, 2.45) is 0 Å². The van der Waals surface area contributed by atoms with Crippen molar-refractivity contribution in [2.45, 2.75) is 23.7 Å². The van der Waals surface area contributed by atoms with Gasteiger partial charge in [0.2, 0.25) is 0 Å². The third-order valence-electron chi connectivity index (χ3n) is 0.605. The number of hydrogen-bond donors (Lipinski definition) is 0. The van der Waals surface area contributed by atoms with Gasteiger partial charge in [0.25, 0.3) is 0 Å². The first kappa shape index (κ1) is 9.15. The van der Waals surface area contributed by atoms with Crippen LogP contribution in [0.3, 0.4) is 0 Å². The van der Waals surface area contributed by atoms with Crippen molar-refractivity contribution >= 4 is 22.6 Å². The van der Waals surface area contributed by atoms with E-state index in [1.54, 1.807) is 0 Å². The molecule has 0 unspecified atom stereocenters. The zero-order valence-corrected chi connectivity index (χ0v) is 7.21. The number of rotatable bonds is 1. The first-order valence-electron chi connectivity index (χ1n) is 2.63. The summed E-state index contributed by atoms with van der Waals surface area (Å²) in [5.41, 5.74) is 0. The van der Waals surface area contributed by atoms with Crippen LogP contribution in [0.25, 0.3) is 0 Å². The molecule has 0 aliphatic heterocycles. The Morgan fingerprint density at radius 3 is 2.44 bits per heavy atom. The van der Waals surface area contributed by atoms with E-state index < -0.39 is 3.93 Å². The fourth-order valence-corrected chi connectivity index (χ4v) is 0.478. The Labute approximate surface area is 67.2 Å². The van der Waals surface area contributed by atoms with Gasteiger partial charge >= 0.3 is 3.93 Å². The van der Waals surface area contributed by atoms with Crippen molar-refractivity contribution in [3.05, 3.63) is 0 Å². The van der Waals surface area contributed by atoms with Gasteiger partial charge in [0.1, 0.15) is 0 Å². The van der Waals surface area contributed by atoms with Crippen molar-refractivity contribution in [1.29, 1.82) is 0 Å². The van der Waals surface area contributed by atoms with Crippen molar-refractivity contribution in [3.63, 3.8) is 0 Å². The van der Waals surface area contributed by atoms with Gasteiger partial charge in [-0.1, -0.05) is 12.8 Å². The molecule has 0 aliphatic carbocycles. The van der Waals surface area contributed by atoms with Gasteiger partial charge in [0.05, 0.1) is 0 Å². The van der Waals surface area contributed by atoms with Gasteiger partial charge in [-0.2, -0.15) is 8.78 Å². The van der Waals surface area contributed by atoms with E-state index in [9.17, 15) is 8.78 Å². The van der Waals surface area contributed by atoms with E-state index in [1.807, 2.05) is 12.8 Å². The molecule has 0 fully saturated rings. The molecule has 0 radical (unpaired) electrons. The Hall–Kier alpha value is 0.150. The maximum atomic E-state index is 11.9. The molecule has 3 heteroatoms. The monoisotopic (exact) mass is 244 g/mol. The SMILES string of the molecule is CCCC#CC(F)(F)I. The number of halogens is 3. The highest BCUT2D eigenvalue weighted by atomic mass is 127. The summed E-state index contributed by atoms with van der Waals surface area (Å²) >= 11 is 1.01. The van der Waals surface area contributed by atoms with E-state index in [-0.39, 0.29) is 0 Å². The average molecular weight is 244 g/mol. The molecule has 52 valence electrons. The molecular formula is C6H7F2I. The summed E-state index contributed by atoms with van der Waals surface area (Å²) < 4.78 is 20.9. The molecule has 9 heavy (non-hydrogen) atoms. The van der Waals surface area contributed by atoms with Crippen molar-refractivity contribution in [1.82, 2.24) is 0 Å². The highest BCUT2D eigenvalue weighted by Gasteiger charge is 2.18. The Kier molecular flexibility index (Phi) is 4.11. The minimum atomic E-state index is -2.84. The van der Waals surface area contributed by atoms with E-state index >= 15 is 0 Å². The maximum absolute atomic E-state index is 11.9. The molecule has 0 N–H and O–H groups in total. The van der Waals surface area contributed by atoms with Crippen molar-refractivity contribution in [3.8, 4) is 11.8 Å². The summed E-state index contributed by atoms with van der Waals surface area (Å²) in [5.74, 6) is 4.19. The molecule has 0 atom stereocenters. The van der Waals surface area contributed by atoms with Crippen LogP contribution >= 0.6 is 22.6 Å². The van der Waals surface area contributed by atoms with Gasteiger partial charge in [-0.25, -0.2) is 0 Å². The third kappa shape index (κ3) is 8.15. The van der Waals surface area contributed by atoms with Gasteiger partial charge in [0.15, 0.2) is 0 Å². The van der Waals surface area contributed by atoms with Crippen LogP contribution in [0.1, 0.15) is 19.8 Å². The molecule has 0 aromatic carbocycles. The molecule has 0 spiro atoms. The van der Waals surface area contributed by atoms with Crippen LogP contribution in [0.15, 0.2) is 0 Å². The summed E-state index contributed by atoms with van der Waals surface area (Å²) in [5, 5.41) is 0. The van der Waals surface area contributed by atoms with Gasteiger partial charge in [-0.15, -0.1) is 0 Å². The quantitative estimate of drug-likeness (QED) is 0.378. The molecule has 0 saturated heterocycles. The van der Waals surface area contributed by atoms with E-state index in [0.29, 0.717) is 6.42 Å². The Balaban J connectivity index is 3.59. The standard InChI is InChI=1S/C6H7F2I/c1-2-3-4-5-6(7,8)9/h2-3H2,1H3. The predicted octanol–water partition coefficient (Wildman–Crippen LogP) is 2.82. The van der Waals surface area contributed by atoms with Crippen LogP contribution in [0.4, 0.5) is 8.78 Å². The molecule has 0 rings (SSSR count). The zero-order valence-electron chi connectivity index (χ0n) is 5.05. The summed E-state index contributed by atoms with van der Waals surface area (Å²) in [6.07, 6.45) is 1.39. The lowest BCUT2D eigenvalue weighted by Gasteiger charge is -1.93. The Bertz CT molecular complexity index is 126. The highest BCUT2D eigenvalue weighted by Crippen LogP contribution is 2.20. The van der Waals surface area contributed by atoms with Crippen molar-refractivity contribution in [2.75, 3.05) is 0 Å². The van der Waals surface area contributed by atoms with Crippen LogP contribution in [-0.4, -0.2) is 3.93 Å². The van der Waals surface area contributed by atoms with Gasteiger partial charge in [-0.05, 0) is 12.3 Å². The fraction of sp³-hybridized carbons (Fsp3) is 0.667. The van der Waals surface area contributed by atoms with E-state index in [1.165, 1.54) is 0 Å². The molecule has 0 bridgehead atoms. The van der Waals surface area contributed by atoms with Gasteiger partial charge in [0, 0.05) is 29.0 Å². The lowest BCUT2D eigenvalue weighted by atomic mass is 10.3. The normalized spacial score (nSPS) is 10.2. The molecule has 0 aromatic rings. The van der Waals surface area contributed by atoms with Crippen LogP contribution in [0, 0.1) is 11.8 Å². The summed E-state index contributed by atoms with van der Waals surface area (Å²) in [6, 6.07) is 0. The van der Waals surface area contributed by atoms with Crippen LogP contribution < -0.4 is 0 Å². The number of unbranched alkanes of at least 4 members (excludes halogenated alkanes) is 1. The highest BCUT2D eigenvalue weighted by molar-refractivity contribution is 14.1. The molecule has 0 aromatic heterocycles. The number of hydrogen-bond acceptors (Lipinski definition) is 0. The van der Waals surface area contributed by atoms with E-state index in [0.717, 1.165) is 29.0 Å². The third-order valence-corrected chi connectivity index (χ3v) is 0.875. The molecule has 0 heterocycles. The topological polar surface area (TPSA) is 0 Å². The van der Waals surface area contributed by atoms with Crippen LogP contribution in [0.5, 0.6) is 0 Å². The Morgan fingerprint density at radius 1 is 1.56 bits per heavy atom. The Morgan fingerprint density at radius 2 is 2.11 bits per heavy atom. The van der Waals surface area contributed by atoms with Crippen LogP contribution in [0.2, 0.25) is 0 Å². The van der Waals surface area contributed by atoms with Gasteiger partial charge in [-0.3, -0.25) is 0 Å². The molecule has 0 saturated carbocycles. The zero-order chi connectivity index (χ0) is 7.33. The molecule has 0 nitrogen and oxygen atoms in total. The van der Waals surface area contributed by atoms with E-state index in [4.69, 9.17) is 0 Å². The summed E-state index contributed by atoms with van der Waals surface area (Å²) in [4.78, 5) is 0. The molecule has 0 amide bonds. The molecule has 0 aliphatic rings. The predicted molar refractivity (Wildman–Crippen MR) is 41.7 cm³/mol. The first-order valence-corrected chi connectivity index (χ1v) is 3.71. The first-order chi connectivity index (χ1) is 4.06. The second-order valence-corrected chi connectivity index (χ2v) is 2.90. The van der Waals surface area contributed by atoms with E-state index in [2.05, 4.69) is 5.92 Å². The van der Waals surface area contributed by atoms with Gasteiger partial charge < -0.3 is 0 Å². The lowest BCUT2D eigenvalue weighted by molar-refractivity contribution is 0.194. The number of alkyl halides is 3. The summed E-state index contributed by atoms with van der Waals surface area (Å²) in [6.45, 7) is 1.90. The fourth-order valence-electron chi connectivity index (χ4n) is 0.288. The minimum Gasteiger partial charge on any atom is -0.181 e. The molecular weight excluding hydrogens is 237 g/mol. The second-order valence-electron chi connectivity index (χ2n) is 1.55. The minimum absolute atomic E-state index is 0.554. The lowest BCUT2D eigenvalue weighted by Crippen LogP contribution is -1.97. The summed E-state index contributed by atoms with van der Waals surface area (Å²) in [7, 11) is 0.